The van der Waals surface area contributed by atoms with Crippen molar-refractivity contribution in [2.75, 3.05) is 5.73 Å². The van der Waals surface area contributed by atoms with Gasteiger partial charge in [0.05, 0.1) is 35.0 Å². The summed E-state index contributed by atoms with van der Waals surface area (Å²) in [7, 11) is 1.88. The summed E-state index contributed by atoms with van der Waals surface area (Å²) in [6, 6.07) is 15.1. The van der Waals surface area contributed by atoms with Crippen LogP contribution in [0.3, 0.4) is 0 Å². The molecule has 6 rings (SSSR count). The van der Waals surface area contributed by atoms with Gasteiger partial charge in [-0.25, -0.2) is 14.3 Å². The summed E-state index contributed by atoms with van der Waals surface area (Å²) in [5.41, 5.74) is 11.2. The molecule has 0 aliphatic carbocycles. The number of aliphatic carboxylic acids is 1. The highest BCUT2D eigenvalue weighted by Gasteiger charge is 2.38. The Morgan fingerprint density at radius 1 is 1.11 bits per heavy atom. The molecule has 232 valence electrons. The molecule has 4 aromatic heterocycles. The van der Waals surface area contributed by atoms with Gasteiger partial charge >= 0.3 is 12.1 Å². The number of amides is 1. The Bertz CT molecular complexity index is 2020. The van der Waals surface area contributed by atoms with Crippen molar-refractivity contribution >= 4 is 45.8 Å². The molecule has 0 fully saturated rings. The lowest BCUT2D eigenvalue weighted by molar-refractivity contribution is -0.192. The molecule has 0 aliphatic heterocycles. The molecule has 0 saturated carbocycles. The van der Waals surface area contributed by atoms with Crippen molar-refractivity contribution in [3.63, 3.8) is 0 Å². The van der Waals surface area contributed by atoms with Crippen LogP contribution in [0.25, 0.3) is 27.7 Å². The summed E-state index contributed by atoms with van der Waals surface area (Å²) in [5.74, 6) is -3.02. The number of benzene rings is 2. The van der Waals surface area contributed by atoms with E-state index in [2.05, 4.69) is 25.6 Å². The highest BCUT2D eigenvalue weighted by atomic mass is 35.5. The molecule has 12 nitrogen and oxygen atoms in total. The van der Waals surface area contributed by atoms with Crippen LogP contribution < -0.4 is 11.1 Å². The zero-order chi connectivity index (χ0) is 32.5. The summed E-state index contributed by atoms with van der Waals surface area (Å²) in [6.45, 7) is 2.38. The van der Waals surface area contributed by atoms with Crippen LogP contribution in [0, 0.1) is 0 Å². The first-order valence-electron chi connectivity index (χ1n) is 13.3. The molecule has 16 heteroatoms. The fraction of sp³-hybridized carbons (Fsp3) is 0.172. The molecule has 2 aromatic carbocycles. The Labute approximate surface area is 257 Å². The Morgan fingerprint density at radius 2 is 1.82 bits per heavy atom. The number of carbonyl (C=O) groups is 2. The number of nitrogens with two attached hydrogens (primary N) is 1. The van der Waals surface area contributed by atoms with Crippen LogP contribution in [0.1, 0.15) is 34.6 Å². The molecule has 6 aromatic rings. The van der Waals surface area contributed by atoms with Crippen LogP contribution in [0.4, 0.5) is 19.0 Å². The van der Waals surface area contributed by atoms with Crippen molar-refractivity contribution in [1.82, 2.24) is 39.5 Å². The second-order valence-corrected chi connectivity index (χ2v) is 10.3. The Balaban J connectivity index is 0.000000515. The van der Waals surface area contributed by atoms with E-state index < -0.39 is 18.2 Å². The second kappa shape index (κ2) is 12.3. The molecule has 1 unspecified atom stereocenters. The van der Waals surface area contributed by atoms with E-state index in [1.54, 1.807) is 29.3 Å². The van der Waals surface area contributed by atoms with Gasteiger partial charge in [0.1, 0.15) is 5.56 Å². The van der Waals surface area contributed by atoms with Crippen LogP contribution in [-0.2, 0) is 18.4 Å². The van der Waals surface area contributed by atoms with Gasteiger partial charge in [-0.05, 0) is 36.2 Å². The van der Waals surface area contributed by atoms with Gasteiger partial charge < -0.3 is 16.2 Å². The molecule has 4 N–H and O–H groups in total. The zero-order valence-electron chi connectivity index (χ0n) is 23.7. The van der Waals surface area contributed by atoms with Crippen LogP contribution in [0.5, 0.6) is 0 Å². The third kappa shape index (κ3) is 6.43. The third-order valence-corrected chi connectivity index (χ3v) is 7.07. The van der Waals surface area contributed by atoms with E-state index >= 15 is 0 Å². The van der Waals surface area contributed by atoms with Gasteiger partial charge in [0.2, 0.25) is 0 Å². The first-order chi connectivity index (χ1) is 21.3. The van der Waals surface area contributed by atoms with Crippen LogP contribution in [0.15, 0.2) is 73.3 Å². The molecule has 1 amide bonds. The molecule has 0 bridgehead atoms. The SMILES string of the molecule is CC(NC(=O)c1c(N)nn2cccnc12)c1cc(Cl)c2cnn(Cc3ccn(C)n3)c2c1-c1ccccc1.O=C(O)C(F)(F)F. The van der Waals surface area contributed by atoms with E-state index in [4.69, 9.17) is 27.2 Å². The minimum atomic E-state index is -5.08. The van der Waals surface area contributed by atoms with Crippen molar-refractivity contribution in [2.24, 2.45) is 7.05 Å². The zero-order valence-corrected chi connectivity index (χ0v) is 24.5. The van der Waals surface area contributed by atoms with Gasteiger partial charge in [-0.15, -0.1) is 5.10 Å². The molecule has 0 saturated heterocycles. The maximum Gasteiger partial charge on any atom is 0.490 e. The number of carbonyl (C=O) groups excluding carboxylic acids is 1. The quantitative estimate of drug-likeness (QED) is 0.232. The van der Waals surface area contributed by atoms with E-state index in [-0.39, 0.29) is 17.3 Å². The first kappa shape index (κ1) is 31.0. The summed E-state index contributed by atoms with van der Waals surface area (Å²) < 4.78 is 36.9. The summed E-state index contributed by atoms with van der Waals surface area (Å²) in [4.78, 5) is 26.6. The van der Waals surface area contributed by atoms with Crippen molar-refractivity contribution in [3.05, 3.63) is 95.2 Å². The Hall–Kier alpha value is -5.44. The van der Waals surface area contributed by atoms with Gasteiger partial charge in [0.15, 0.2) is 11.5 Å². The number of fused-ring (bicyclic) bond motifs is 2. The number of rotatable bonds is 6. The molecular formula is C29H25ClF3N9O3. The Kier molecular flexibility index (Phi) is 8.46. The average Bonchev–Trinajstić information content (AvgIpc) is 3.69. The lowest BCUT2D eigenvalue weighted by Crippen LogP contribution is -2.28. The van der Waals surface area contributed by atoms with Crippen molar-refractivity contribution < 1.29 is 27.9 Å². The summed E-state index contributed by atoms with van der Waals surface area (Å²) in [5, 5.41) is 24.9. The molecule has 0 spiro atoms. The van der Waals surface area contributed by atoms with Crippen LogP contribution in [0.2, 0.25) is 5.02 Å². The van der Waals surface area contributed by atoms with Crippen LogP contribution >= 0.6 is 11.6 Å². The van der Waals surface area contributed by atoms with Gasteiger partial charge in [-0.1, -0.05) is 41.9 Å². The van der Waals surface area contributed by atoms with E-state index in [1.165, 1.54) is 4.52 Å². The minimum absolute atomic E-state index is 0.110. The minimum Gasteiger partial charge on any atom is -0.475 e. The predicted octanol–water partition coefficient (Wildman–Crippen LogP) is 4.89. The van der Waals surface area contributed by atoms with Gasteiger partial charge in [-0.3, -0.25) is 14.2 Å². The van der Waals surface area contributed by atoms with E-state index in [9.17, 15) is 18.0 Å². The summed E-state index contributed by atoms with van der Waals surface area (Å²) in [6.07, 6.45) is 1.88. The van der Waals surface area contributed by atoms with Gasteiger partial charge in [0.25, 0.3) is 5.91 Å². The number of halogens is 4. The first-order valence-corrected chi connectivity index (χ1v) is 13.6. The predicted molar refractivity (Wildman–Crippen MR) is 159 cm³/mol. The number of aryl methyl sites for hydroxylation is 1. The van der Waals surface area contributed by atoms with Crippen LogP contribution in [-0.4, -0.2) is 57.3 Å². The number of nitrogens with zero attached hydrogens (tertiary/aromatic N) is 7. The fourth-order valence-corrected chi connectivity index (χ4v) is 5.04. The summed E-state index contributed by atoms with van der Waals surface area (Å²) >= 11 is 6.80. The van der Waals surface area contributed by atoms with E-state index in [0.717, 1.165) is 33.3 Å². The third-order valence-electron chi connectivity index (χ3n) is 6.75. The fourth-order valence-electron chi connectivity index (χ4n) is 4.79. The Morgan fingerprint density at radius 3 is 2.47 bits per heavy atom. The molecule has 0 aliphatic rings. The average molecular weight is 640 g/mol. The number of nitrogens with one attached hydrogen (secondary N) is 1. The molecule has 4 heterocycles. The maximum absolute atomic E-state index is 13.4. The number of carboxylic acid groups (broad SMARTS) is 1. The number of aromatic nitrogens is 7. The smallest absolute Gasteiger partial charge is 0.475 e. The maximum atomic E-state index is 13.4. The number of nitrogen functional groups attached to an aromatic ring is 1. The van der Waals surface area contributed by atoms with Crippen molar-refractivity contribution in [3.8, 4) is 11.1 Å². The lowest BCUT2D eigenvalue weighted by Gasteiger charge is -2.21. The molecule has 0 radical (unpaired) electrons. The molecule has 1 atom stereocenters. The van der Waals surface area contributed by atoms with Crippen molar-refractivity contribution in [1.29, 1.82) is 0 Å². The topological polar surface area (TPSA) is 158 Å². The van der Waals surface area contributed by atoms with E-state index in [0.29, 0.717) is 17.2 Å². The second-order valence-electron chi connectivity index (χ2n) is 9.88. The largest absolute Gasteiger partial charge is 0.490 e. The number of alkyl halides is 3. The molecular weight excluding hydrogens is 615 g/mol. The van der Waals surface area contributed by atoms with E-state index in [1.807, 2.05) is 67.3 Å². The number of hydrogen-bond donors (Lipinski definition) is 3. The number of carboxylic acids is 1. The highest BCUT2D eigenvalue weighted by molar-refractivity contribution is 6.36. The number of anilines is 1. The number of hydrogen-bond acceptors (Lipinski definition) is 7. The van der Waals surface area contributed by atoms with Gasteiger partial charge in [0, 0.05) is 36.6 Å². The van der Waals surface area contributed by atoms with Crippen molar-refractivity contribution in [2.45, 2.75) is 25.7 Å². The standard InChI is InChI=1S/C27H24ClN9O.C2HF3O2/c1-16(32-27(38)23-25(29)34-36-11-6-10-30-26(23)36)19-13-21(28)20-14-31-37(15-18-9-12-35(2)33-18)24(20)22(19)17-7-4-3-5-8-17;3-2(4,5)1(6)7/h3-14,16H,15H2,1-2H3,(H2,29,34)(H,32,38);(H,6,7). The molecule has 45 heavy (non-hydrogen) atoms. The lowest BCUT2D eigenvalue weighted by atomic mass is 9.93. The van der Waals surface area contributed by atoms with Gasteiger partial charge in [-0.2, -0.15) is 23.4 Å². The highest BCUT2D eigenvalue weighted by Crippen LogP contribution is 2.39. The normalized spacial score (nSPS) is 12.1. The monoisotopic (exact) mass is 639 g/mol.